The highest BCUT2D eigenvalue weighted by atomic mass is 16.5. The Balaban J connectivity index is 1.72. The highest BCUT2D eigenvalue weighted by molar-refractivity contribution is 6.20. The first-order chi connectivity index (χ1) is 14.6. The first kappa shape index (κ1) is 19.6. The summed E-state index contributed by atoms with van der Waals surface area (Å²) in [5.41, 5.74) is 2.96. The van der Waals surface area contributed by atoms with Crippen molar-refractivity contribution in [3.63, 3.8) is 0 Å². The summed E-state index contributed by atoms with van der Waals surface area (Å²) in [6, 6.07) is 16.5. The average Bonchev–Trinajstić information content (AvgIpc) is 3.13. The summed E-state index contributed by atoms with van der Waals surface area (Å²) >= 11 is 0. The number of hydrogen-bond donors (Lipinski definition) is 1. The SMILES string of the molecule is Cc1ccccc1C(=O)NC1=NC(=C(C#N)C(=O)N2CCOCC2)c2ccccc21. The van der Waals surface area contributed by atoms with Crippen LogP contribution in [0.2, 0.25) is 0 Å². The van der Waals surface area contributed by atoms with Gasteiger partial charge in [-0.25, -0.2) is 4.99 Å². The number of nitrogens with zero attached hydrogens (tertiary/aromatic N) is 3. The van der Waals surface area contributed by atoms with Crippen LogP contribution < -0.4 is 5.32 Å². The van der Waals surface area contributed by atoms with Gasteiger partial charge in [0.25, 0.3) is 11.8 Å². The Labute approximate surface area is 174 Å². The van der Waals surface area contributed by atoms with Gasteiger partial charge in [0.05, 0.1) is 18.9 Å². The molecule has 2 aliphatic rings. The van der Waals surface area contributed by atoms with Gasteiger partial charge in [0, 0.05) is 29.8 Å². The Morgan fingerprint density at radius 3 is 2.43 bits per heavy atom. The molecule has 0 aliphatic carbocycles. The molecule has 0 spiro atoms. The van der Waals surface area contributed by atoms with Gasteiger partial charge in [-0.2, -0.15) is 5.26 Å². The van der Waals surface area contributed by atoms with Gasteiger partial charge in [0.15, 0.2) is 0 Å². The molecule has 30 heavy (non-hydrogen) atoms. The average molecular weight is 400 g/mol. The minimum absolute atomic E-state index is 0.0375. The number of rotatable bonds is 2. The van der Waals surface area contributed by atoms with Crippen LogP contribution in [0, 0.1) is 18.3 Å². The molecule has 2 aromatic carbocycles. The topological polar surface area (TPSA) is 94.8 Å². The standard InChI is InChI=1S/C23H20N4O3/c1-15-6-2-3-7-16(15)22(28)26-21-18-9-5-4-8-17(18)20(25-21)19(14-24)23(29)27-10-12-30-13-11-27/h2-9H,10-13H2,1H3,(H,25,26,28). The van der Waals surface area contributed by atoms with Crippen molar-refractivity contribution < 1.29 is 14.3 Å². The number of benzene rings is 2. The van der Waals surface area contributed by atoms with Crippen molar-refractivity contribution in [1.29, 1.82) is 5.26 Å². The summed E-state index contributed by atoms with van der Waals surface area (Å²) < 4.78 is 5.29. The molecule has 0 aromatic heterocycles. The van der Waals surface area contributed by atoms with Crippen molar-refractivity contribution in [1.82, 2.24) is 10.2 Å². The van der Waals surface area contributed by atoms with Gasteiger partial charge in [0.1, 0.15) is 17.5 Å². The number of hydrogen-bond acceptors (Lipinski definition) is 5. The lowest BCUT2D eigenvalue weighted by Gasteiger charge is -2.26. The van der Waals surface area contributed by atoms with Crippen LogP contribution in [-0.2, 0) is 9.53 Å². The van der Waals surface area contributed by atoms with Crippen LogP contribution in [0.5, 0.6) is 0 Å². The molecule has 2 aliphatic heterocycles. The van der Waals surface area contributed by atoms with E-state index < -0.39 is 0 Å². The lowest BCUT2D eigenvalue weighted by atomic mass is 10.0. The lowest BCUT2D eigenvalue weighted by molar-refractivity contribution is -0.130. The third kappa shape index (κ3) is 3.61. The van der Waals surface area contributed by atoms with E-state index in [0.29, 0.717) is 48.8 Å². The molecule has 0 saturated carbocycles. The minimum atomic E-state index is -0.374. The number of ether oxygens (including phenoxy) is 1. The fourth-order valence-electron chi connectivity index (χ4n) is 3.54. The number of aliphatic imine (C=N–C) groups is 1. The summed E-state index contributed by atoms with van der Waals surface area (Å²) in [5.74, 6) is -0.335. The largest absolute Gasteiger partial charge is 0.378 e. The van der Waals surface area contributed by atoms with Crippen molar-refractivity contribution in [2.45, 2.75) is 6.92 Å². The monoisotopic (exact) mass is 400 g/mol. The molecule has 4 rings (SSSR count). The maximum absolute atomic E-state index is 13.0. The molecule has 1 N–H and O–H groups in total. The van der Waals surface area contributed by atoms with Crippen molar-refractivity contribution in [3.8, 4) is 6.07 Å². The summed E-state index contributed by atoms with van der Waals surface area (Å²) in [6.45, 7) is 3.60. The van der Waals surface area contributed by atoms with Gasteiger partial charge in [0.2, 0.25) is 0 Å². The van der Waals surface area contributed by atoms with Crippen LogP contribution in [0.15, 0.2) is 59.1 Å². The Morgan fingerprint density at radius 1 is 1.07 bits per heavy atom. The molecule has 150 valence electrons. The molecule has 0 radical (unpaired) electrons. The number of carbonyl (C=O) groups excluding carboxylic acids is 2. The number of fused-ring (bicyclic) bond motifs is 1. The van der Waals surface area contributed by atoms with Crippen LogP contribution in [-0.4, -0.2) is 48.9 Å². The maximum Gasteiger partial charge on any atom is 0.266 e. The predicted molar refractivity (Wildman–Crippen MR) is 112 cm³/mol. The van der Waals surface area contributed by atoms with Gasteiger partial charge < -0.3 is 15.0 Å². The smallest absolute Gasteiger partial charge is 0.266 e. The number of amides is 2. The summed E-state index contributed by atoms with van der Waals surface area (Å²) in [6.07, 6.45) is 0. The van der Waals surface area contributed by atoms with Crippen LogP contribution in [0.4, 0.5) is 0 Å². The highest BCUT2D eigenvalue weighted by Gasteiger charge is 2.30. The second kappa shape index (κ2) is 8.31. The molecule has 2 aromatic rings. The van der Waals surface area contributed by atoms with Gasteiger partial charge >= 0.3 is 0 Å². The number of nitrogens with one attached hydrogen (secondary N) is 1. The first-order valence-electron chi connectivity index (χ1n) is 9.67. The molecule has 7 nitrogen and oxygen atoms in total. The molecule has 0 atom stereocenters. The lowest BCUT2D eigenvalue weighted by Crippen LogP contribution is -2.41. The Bertz CT molecular complexity index is 1120. The quantitative estimate of drug-likeness (QED) is 0.618. The van der Waals surface area contributed by atoms with E-state index in [4.69, 9.17) is 4.74 Å². The fourth-order valence-corrected chi connectivity index (χ4v) is 3.54. The zero-order valence-electron chi connectivity index (χ0n) is 16.5. The molecule has 7 heteroatoms. The summed E-state index contributed by atoms with van der Waals surface area (Å²) in [4.78, 5) is 31.8. The van der Waals surface area contributed by atoms with E-state index in [2.05, 4.69) is 10.3 Å². The normalized spacial score (nSPS) is 16.9. The van der Waals surface area contributed by atoms with Crippen LogP contribution >= 0.6 is 0 Å². The second-order valence-electron chi connectivity index (χ2n) is 7.02. The Hall–Kier alpha value is -3.76. The zero-order chi connectivity index (χ0) is 21.1. The van der Waals surface area contributed by atoms with E-state index >= 15 is 0 Å². The Morgan fingerprint density at radius 2 is 1.73 bits per heavy atom. The van der Waals surface area contributed by atoms with Gasteiger partial charge in [-0.1, -0.05) is 42.5 Å². The minimum Gasteiger partial charge on any atom is -0.378 e. The van der Waals surface area contributed by atoms with Gasteiger partial charge in [-0.15, -0.1) is 0 Å². The molecule has 1 fully saturated rings. The van der Waals surface area contributed by atoms with Crippen molar-refractivity contribution >= 4 is 23.3 Å². The zero-order valence-corrected chi connectivity index (χ0v) is 16.5. The number of amidine groups is 1. The van der Waals surface area contributed by atoms with E-state index in [0.717, 1.165) is 5.56 Å². The number of aryl methyl sites for hydroxylation is 1. The van der Waals surface area contributed by atoms with Crippen molar-refractivity contribution in [3.05, 3.63) is 76.4 Å². The number of nitriles is 1. The second-order valence-corrected chi connectivity index (χ2v) is 7.02. The van der Waals surface area contributed by atoms with E-state index in [-0.39, 0.29) is 23.1 Å². The Kier molecular flexibility index (Phi) is 5.42. The van der Waals surface area contributed by atoms with Gasteiger partial charge in [-0.05, 0) is 18.6 Å². The number of carbonyl (C=O) groups is 2. The highest BCUT2D eigenvalue weighted by Crippen LogP contribution is 2.31. The third-order valence-electron chi connectivity index (χ3n) is 5.14. The van der Waals surface area contributed by atoms with E-state index in [1.165, 1.54) is 0 Å². The molecular formula is C23H20N4O3. The van der Waals surface area contributed by atoms with Crippen LogP contribution in [0.1, 0.15) is 27.0 Å². The molecule has 2 amide bonds. The molecule has 0 bridgehead atoms. The fraction of sp³-hybridized carbons (Fsp3) is 0.217. The number of morpholine rings is 1. The predicted octanol–water partition coefficient (Wildman–Crippen LogP) is 2.28. The molecule has 2 heterocycles. The van der Waals surface area contributed by atoms with Crippen LogP contribution in [0.25, 0.3) is 5.70 Å². The van der Waals surface area contributed by atoms with Crippen LogP contribution in [0.3, 0.4) is 0 Å². The maximum atomic E-state index is 13.0. The first-order valence-corrected chi connectivity index (χ1v) is 9.67. The third-order valence-corrected chi connectivity index (χ3v) is 5.14. The van der Waals surface area contributed by atoms with E-state index in [1.54, 1.807) is 23.1 Å². The molecular weight excluding hydrogens is 380 g/mol. The van der Waals surface area contributed by atoms with E-state index in [9.17, 15) is 14.9 Å². The van der Waals surface area contributed by atoms with Crippen molar-refractivity contribution in [2.75, 3.05) is 26.3 Å². The summed E-state index contributed by atoms with van der Waals surface area (Å²) in [7, 11) is 0. The van der Waals surface area contributed by atoms with E-state index in [1.807, 2.05) is 43.3 Å². The molecule has 0 unspecified atom stereocenters. The summed E-state index contributed by atoms with van der Waals surface area (Å²) in [5, 5.41) is 12.6. The molecule has 1 saturated heterocycles. The van der Waals surface area contributed by atoms with Crippen molar-refractivity contribution in [2.24, 2.45) is 4.99 Å². The van der Waals surface area contributed by atoms with Gasteiger partial charge in [-0.3, -0.25) is 9.59 Å².